The molecule has 0 saturated carbocycles. The van der Waals surface area contributed by atoms with Crippen LogP contribution in [0.3, 0.4) is 0 Å². The van der Waals surface area contributed by atoms with Gasteiger partial charge in [0.05, 0.1) is 0 Å². The van der Waals surface area contributed by atoms with Crippen molar-refractivity contribution < 1.29 is 9.53 Å². The summed E-state index contributed by atoms with van der Waals surface area (Å²) < 4.78 is 5.66. The number of aliphatic imine (C=N–C) groups is 1. The molecule has 1 aromatic carbocycles. The minimum Gasteiger partial charge on any atom is -0.381 e. The number of ether oxygens (including phenoxy) is 1. The molecule has 0 bridgehead atoms. The third kappa shape index (κ3) is 3.88. The third-order valence-corrected chi connectivity index (χ3v) is 6.79. The fraction of sp³-hybridized carbons (Fsp3) is 0.636. The van der Waals surface area contributed by atoms with E-state index in [4.69, 9.17) is 4.74 Å². The number of carbonyl (C=O) groups excluding carboxylic acids is 1. The van der Waals surface area contributed by atoms with E-state index in [1.807, 2.05) is 7.05 Å². The summed E-state index contributed by atoms with van der Waals surface area (Å²) in [6.45, 7) is 5.15. The van der Waals surface area contributed by atoms with E-state index in [0.29, 0.717) is 6.42 Å². The highest BCUT2D eigenvalue weighted by Gasteiger charge is 2.43. The second kappa shape index (κ2) is 8.11. The quantitative estimate of drug-likeness (QED) is 0.617. The minimum atomic E-state index is 0.0722. The van der Waals surface area contributed by atoms with E-state index in [2.05, 4.69) is 50.9 Å². The molecule has 1 atom stereocenters. The first-order chi connectivity index (χ1) is 13.6. The summed E-state index contributed by atoms with van der Waals surface area (Å²) in [6, 6.07) is 10.8. The largest absolute Gasteiger partial charge is 0.381 e. The Morgan fingerprint density at radius 2 is 2.04 bits per heavy atom. The zero-order chi connectivity index (χ0) is 19.5. The van der Waals surface area contributed by atoms with Gasteiger partial charge in [0.2, 0.25) is 5.91 Å². The fourth-order valence-electron chi connectivity index (χ4n) is 5.13. The molecule has 1 amide bonds. The van der Waals surface area contributed by atoms with Crippen LogP contribution in [0.25, 0.3) is 0 Å². The number of carbonyl (C=O) groups is 1. The summed E-state index contributed by atoms with van der Waals surface area (Å²) in [5, 5.41) is 6.71. The number of guanidine groups is 1. The van der Waals surface area contributed by atoms with E-state index in [1.165, 1.54) is 5.56 Å². The normalized spacial score (nSPS) is 27.7. The Labute approximate surface area is 167 Å². The first-order valence-electron chi connectivity index (χ1n) is 10.5. The van der Waals surface area contributed by atoms with Gasteiger partial charge in [-0.2, -0.15) is 0 Å². The topological polar surface area (TPSA) is 66.0 Å². The van der Waals surface area contributed by atoms with Gasteiger partial charge in [-0.25, -0.2) is 0 Å². The number of benzene rings is 1. The standard InChI is InChI=1S/C22H32N4O2/c1-23-20(26-11-5-8-21(17-26)14-19(27)24-15-21)25-16-22(9-12-28-13-10-22)18-6-3-2-4-7-18/h2-4,6-7H,5,8-17H2,1H3,(H,23,25)(H,24,27). The molecule has 1 unspecified atom stereocenters. The van der Waals surface area contributed by atoms with Gasteiger partial charge in [-0.3, -0.25) is 9.79 Å². The average Bonchev–Trinajstić information content (AvgIpc) is 3.09. The van der Waals surface area contributed by atoms with Gasteiger partial charge in [-0.1, -0.05) is 30.3 Å². The molecule has 3 saturated heterocycles. The van der Waals surface area contributed by atoms with Crippen molar-refractivity contribution in [2.45, 2.75) is 37.5 Å². The molecule has 3 heterocycles. The van der Waals surface area contributed by atoms with Gasteiger partial charge < -0.3 is 20.3 Å². The molecule has 6 nitrogen and oxygen atoms in total. The van der Waals surface area contributed by atoms with Crippen molar-refractivity contribution in [1.82, 2.24) is 15.5 Å². The van der Waals surface area contributed by atoms with E-state index < -0.39 is 0 Å². The van der Waals surface area contributed by atoms with E-state index >= 15 is 0 Å². The van der Waals surface area contributed by atoms with Crippen LogP contribution in [-0.4, -0.2) is 63.2 Å². The molecule has 28 heavy (non-hydrogen) atoms. The number of nitrogens with zero attached hydrogens (tertiary/aromatic N) is 2. The maximum Gasteiger partial charge on any atom is 0.220 e. The van der Waals surface area contributed by atoms with Crippen LogP contribution in [0.15, 0.2) is 35.3 Å². The zero-order valence-electron chi connectivity index (χ0n) is 16.9. The third-order valence-electron chi connectivity index (χ3n) is 6.79. The Morgan fingerprint density at radius 3 is 2.71 bits per heavy atom. The van der Waals surface area contributed by atoms with Crippen LogP contribution in [0.4, 0.5) is 0 Å². The summed E-state index contributed by atoms with van der Waals surface area (Å²) in [6.07, 6.45) is 4.90. The maximum atomic E-state index is 11.8. The Hall–Kier alpha value is -2.08. The van der Waals surface area contributed by atoms with Crippen molar-refractivity contribution in [2.75, 3.05) is 46.4 Å². The van der Waals surface area contributed by atoms with Crippen LogP contribution in [0.2, 0.25) is 0 Å². The van der Waals surface area contributed by atoms with Crippen LogP contribution in [0, 0.1) is 5.41 Å². The predicted molar refractivity (Wildman–Crippen MR) is 110 cm³/mol. The van der Waals surface area contributed by atoms with E-state index in [-0.39, 0.29) is 16.7 Å². The number of rotatable bonds is 3. The lowest BCUT2D eigenvalue weighted by Gasteiger charge is -2.43. The number of hydrogen-bond acceptors (Lipinski definition) is 3. The molecule has 1 spiro atoms. The molecule has 4 rings (SSSR count). The van der Waals surface area contributed by atoms with Gasteiger partial charge in [0.25, 0.3) is 0 Å². The Balaban J connectivity index is 1.46. The van der Waals surface area contributed by atoms with Crippen molar-refractivity contribution >= 4 is 11.9 Å². The second-order valence-electron chi connectivity index (χ2n) is 8.64. The lowest BCUT2D eigenvalue weighted by atomic mass is 9.74. The van der Waals surface area contributed by atoms with Gasteiger partial charge in [0.1, 0.15) is 0 Å². The fourth-order valence-corrected chi connectivity index (χ4v) is 5.13. The predicted octanol–water partition coefficient (Wildman–Crippen LogP) is 1.91. The Bertz CT molecular complexity index is 715. The monoisotopic (exact) mass is 384 g/mol. The summed E-state index contributed by atoms with van der Waals surface area (Å²) in [7, 11) is 1.86. The molecule has 3 aliphatic rings. The first kappa shape index (κ1) is 19.2. The molecule has 0 aromatic heterocycles. The molecule has 0 aliphatic carbocycles. The van der Waals surface area contributed by atoms with Crippen molar-refractivity contribution in [1.29, 1.82) is 0 Å². The second-order valence-corrected chi connectivity index (χ2v) is 8.64. The van der Waals surface area contributed by atoms with Gasteiger partial charge >= 0.3 is 0 Å². The highest BCUT2D eigenvalue weighted by Crippen LogP contribution is 2.37. The lowest BCUT2D eigenvalue weighted by Crippen LogP contribution is -2.54. The molecule has 6 heteroatoms. The molecule has 1 aromatic rings. The van der Waals surface area contributed by atoms with Crippen LogP contribution in [-0.2, 0) is 14.9 Å². The minimum absolute atomic E-state index is 0.0722. The van der Waals surface area contributed by atoms with Crippen molar-refractivity contribution in [3.05, 3.63) is 35.9 Å². The molecule has 0 radical (unpaired) electrons. The summed E-state index contributed by atoms with van der Waals surface area (Å²) in [5.74, 6) is 1.15. The van der Waals surface area contributed by atoms with Crippen LogP contribution in [0.1, 0.15) is 37.7 Å². The number of amides is 1. The molecule has 3 aliphatic heterocycles. The van der Waals surface area contributed by atoms with Gasteiger partial charge in [0.15, 0.2) is 5.96 Å². The summed E-state index contributed by atoms with van der Waals surface area (Å²) in [4.78, 5) is 18.7. The molecule has 2 N–H and O–H groups in total. The highest BCUT2D eigenvalue weighted by molar-refractivity contribution is 5.81. The highest BCUT2D eigenvalue weighted by atomic mass is 16.5. The van der Waals surface area contributed by atoms with E-state index in [1.54, 1.807) is 0 Å². The van der Waals surface area contributed by atoms with Crippen LogP contribution in [0.5, 0.6) is 0 Å². The van der Waals surface area contributed by atoms with Gasteiger partial charge in [0, 0.05) is 63.7 Å². The van der Waals surface area contributed by atoms with Gasteiger partial charge in [-0.15, -0.1) is 0 Å². The Morgan fingerprint density at radius 1 is 1.25 bits per heavy atom. The molecule has 152 valence electrons. The number of piperidine rings is 1. The molecule has 3 fully saturated rings. The number of likely N-dealkylation sites (tertiary alicyclic amines) is 1. The summed E-state index contributed by atoms with van der Waals surface area (Å²) >= 11 is 0. The van der Waals surface area contributed by atoms with E-state index in [0.717, 1.165) is 71.0 Å². The molecular weight excluding hydrogens is 352 g/mol. The maximum absolute atomic E-state index is 11.8. The van der Waals surface area contributed by atoms with Crippen molar-refractivity contribution in [3.8, 4) is 0 Å². The smallest absolute Gasteiger partial charge is 0.220 e. The average molecular weight is 385 g/mol. The first-order valence-corrected chi connectivity index (χ1v) is 10.5. The van der Waals surface area contributed by atoms with Crippen molar-refractivity contribution in [3.63, 3.8) is 0 Å². The van der Waals surface area contributed by atoms with Crippen LogP contribution >= 0.6 is 0 Å². The zero-order valence-corrected chi connectivity index (χ0v) is 16.9. The Kier molecular flexibility index (Phi) is 5.58. The lowest BCUT2D eigenvalue weighted by molar-refractivity contribution is -0.119. The number of nitrogens with one attached hydrogen (secondary N) is 2. The van der Waals surface area contributed by atoms with Gasteiger partial charge in [-0.05, 0) is 31.2 Å². The molecular formula is C22H32N4O2. The van der Waals surface area contributed by atoms with Crippen LogP contribution < -0.4 is 10.6 Å². The summed E-state index contributed by atoms with van der Waals surface area (Å²) in [5.41, 5.74) is 1.53. The van der Waals surface area contributed by atoms with E-state index in [9.17, 15) is 4.79 Å². The van der Waals surface area contributed by atoms with Crippen molar-refractivity contribution in [2.24, 2.45) is 10.4 Å². The number of hydrogen-bond donors (Lipinski definition) is 2. The SMILES string of the molecule is CN=C(NCC1(c2ccccc2)CCOCC1)N1CCCC2(CNC(=O)C2)C1.